The van der Waals surface area contributed by atoms with Crippen molar-refractivity contribution in [2.45, 2.75) is 90.9 Å². The van der Waals surface area contributed by atoms with Crippen LogP contribution in [0.3, 0.4) is 0 Å². The zero-order valence-electron chi connectivity index (χ0n) is 16.4. The van der Waals surface area contributed by atoms with E-state index in [-0.39, 0.29) is 6.42 Å². The van der Waals surface area contributed by atoms with Crippen LogP contribution in [0.5, 0.6) is 0 Å². The number of nitrogens with one attached hydrogen (secondary N) is 1. The van der Waals surface area contributed by atoms with E-state index in [1.165, 1.54) is 51.4 Å². The standard InChI is InChI=1S/C21H35NO3S/c1-3-4-5-6-7-8-9-10-11-12-13-14-21(23)26(24,25)22-20-17-15-19(2)16-18-20/h15-18,22H,3-14H2,1-2H3. The lowest BCUT2D eigenvalue weighted by Gasteiger charge is -2.07. The van der Waals surface area contributed by atoms with Crippen LogP contribution in [-0.2, 0) is 14.8 Å². The molecule has 0 aliphatic carbocycles. The van der Waals surface area contributed by atoms with Gasteiger partial charge in [0.2, 0.25) is 0 Å². The number of anilines is 1. The molecule has 1 aromatic rings. The normalized spacial score (nSPS) is 11.5. The monoisotopic (exact) mass is 381 g/mol. The predicted molar refractivity (Wildman–Crippen MR) is 110 cm³/mol. The summed E-state index contributed by atoms with van der Waals surface area (Å²) < 4.78 is 26.4. The first-order valence-corrected chi connectivity index (χ1v) is 11.6. The van der Waals surface area contributed by atoms with Crippen LogP contribution in [0.15, 0.2) is 24.3 Å². The van der Waals surface area contributed by atoms with Gasteiger partial charge < -0.3 is 0 Å². The maximum absolute atomic E-state index is 12.0. The highest BCUT2D eigenvalue weighted by atomic mass is 32.2. The number of unbranched alkanes of at least 4 members (excludes halogenated alkanes) is 10. The van der Waals surface area contributed by atoms with E-state index in [1.54, 1.807) is 12.1 Å². The summed E-state index contributed by atoms with van der Waals surface area (Å²) in [6, 6.07) is 6.96. The van der Waals surface area contributed by atoms with Crippen molar-refractivity contribution in [1.29, 1.82) is 0 Å². The molecule has 0 aromatic heterocycles. The van der Waals surface area contributed by atoms with Gasteiger partial charge in [-0.2, -0.15) is 8.42 Å². The van der Waals surface area contributed by atoms with Crippen molar-refractivity contribution < 1.29 is 13.2 Å². The second kappa shape index (κ2) is 12.9. The predicted octanol–water partition coefficient (Wildman–Crippen LogP) is 5.96. The Morgan fingerprint density at radius 1 is 0.808 bits per heavy atom. The number of rotatable bonds is 14. The minimum Gasteiger partial charge on any atom is -0.280 e. The average Bonchev–Trinajstić information content (AvgIpc) is 2.61. The van der Waals surface area contributed by atoms with Gasteiger partial charge in [0.05, 0.1) is 0 Å². The fourth-order valence-corrected chi connectivity index (χ4v) is 3.87. The lowest BCUT2D eigenvalue weighted by Crippen LogP contribution is -2.22. The molecule has 0 unspecified atom stereocenters. The van der Waals surface area contributed by atoms with Crippen LogP contribution < -0.4 is 4.72 Å². The average molecular weight is 382 g/mol. The first-order chi connectivity index (χ1) is 12.5. The molecule has 0 saturated heterocycles. The topological polar surface area (TPSA) is 63.2 Å². The van der Waals surface area contributed by atoms with E-state index >= 15 is 0 Å². The van der Waals surface area contributed by atoms with Crippen LogP contribution in [0.1, 0.15) is 89.5 Å². The Kier molecular flexibility index (Phi) is 11.3. The lowest BCUT2D eigenvalue weighted by molar-refractivity contribution is -0.111. The molecule has 0 aliphatic heterocycles. The quantitative estimate of drug-likeness (QED) is 0.404. The van der Waals surface area contributed by atoms with Crippen LogP contribution in [0.2, 0.25) is 0 Å². The van der Waals surface area contributed by atoms with E-state index in [9.17, 15) is 13.2 Å². The highest BCUT2D eigenvalue weighted by Crippen LogP contribution is 2.15. The maximum Gasteiger partial charge on any atom is 0.295 e. The Labute approximate surface area is 159 Å². The van der Waals surface area contributed by atoms with Crippen molar-refractivity contribution in [2.75, 3.05) is 4.72 Å². The molecule has 0 heterocycles. The van der Waals surface area contributed by atoms with E-state index in [4.69, 9.17) is 0 Å². The van der Waals surface area contributed by atoms with E-state index in [2.05, 4.69) is 11.6 Å². The number of sulfonamides is 1. The van der Waals surface area contributed by atoms with Gasteiger partial charge in [0.1, 0.15) is 0 Å². The molecular weight excluding hydrogens is 346 g/mol. The Morgan fingerprint density at radius 3 is 1.77 bits per heavy atom. The molecule has 4 nitrogen and oxygen atoms in total. The number of hydrogen-bond donors (Lipinski definition) is 1. The smallest absolute Gasteiger partial charge is 0.280 e. The second-order valence-corrected chi connectivity index (χ2v) is 8.80. The zero-order chi connectivity index (χ0) is 19.3. The van der Waals surface area contributed by atoms with Gasteiger partial charge in [-0.3, -0.25) is 9.52 Å². The van der Waals surface area contributed by atoms with Crippen molar-refractivity contribution in [2.24, 2.45) is 0 Å². The van der Waals surface area contributed by atoms with Crippen LogP contribution in [-0.4, -0.2) is 13.5 Å². The summed E-state index contributed by atoms with van der Waals surface area (Å²) in [5.74, 6) is 0. The van der Waals surface area contributed by atoms with Gasteiger partial charge >= 0.3 is 0 Å². The van der Waals surface area contributed by atoms with Gasteiger partial charge in [-0.15, -0.1) is 0 Å². The molecular formula is C21H35NO3S. The molecule has 0 spiro atoms. The Morgan fingerprint density at radius 2 is 1.27 bits per heavy atom. The minimum absolute atomic E-state index is 0.0954. The van der Waals surface area contributed by atoms with Crippen LogP contribution in [0.4, 0.5) is 5.69 Å². The van der Waals surface area contributed by atoms with Crippen molar-refractivity contribution in [3.8, 4) is 0 Å². The summed E-state index contributed by atoms with van der Waals surface area (Å²) in [4.78, 5) is 11.9. The molecule has 1 rings (SSSR count). The van der Waals surface area contributed by atoms with E-state index in [1.807, 2.05) is 19.1 Å². The van der Waals surface area contributed by atoms with Gasteiger partial charge in [0.15, 0.2) is 0 Å². The van der Waals surface area contributed by atoms with Crippen molar-refractivity contribution in [3.05, 3.63) is 29.8 Å². The Balaban J connectivity index is 2.11. The second-order valence-electron chi connectivity index (χ2n) is 7.13. The zero-order valence-corrected chi connectivity index (χ0v) is 17.2. The largest absolute Gasteiger partial charge is 0.295 e. The SMILES string of the molecule is CCCCCCCCCCCCCC(=O)S(=O)(=O)Nc1ccc(C)cc1. The third kappa shape index (κ3) is 9.95. The molecule has 5 heteroatoms. The van der Waals surface area contributed by atoms with Crippen LogP contribution in [0, 0.1) is 6.92 Å². The third-order valence-electron chi connectivity index (χ3n) is 4.59. The number of hydrogen-bond acceptors (Lipinski definition) is 3. The van der Waals surface area contributed by atoms with Crippen molar-refractivity contribution >= 4 is 20.8 Å². The van der Waals surface area contributed by atoms with Gasteiger partial charge in [0, 0.05) is 12.1 Å². The molecule has 0 amide bonds. The summed E-state index contributed by atoms with van der Waals surface area (Å²) >= 11 is 0. The molecule has 0 radical (unpaired) electrons. The molecule has 0 bridgehead atoms. The Bertz CT molecular complexity index is 609. The minimum atomic E-state index is -3.93. The fourth-order valence-electron chi connectivity index (χ4n) is 2.90. The van der Waals surface area contributed by atoms with Crippen LogP contribution >= 0.6 is 0 Å². The molecule has 26 heavy (non-hydrogen) atoms. The summed E-state index contributed by atoms with van der Waals surface area (Å²) in [6.45, 7) is 4.16. The van der Waals surface area contributed by atoms with Crippen molar-refractivity contribution in [1.82, 2.24) is 0 Å². The maximum atomic E-state index is 12.0. The summed E-state index contributed by atoms with van der Waals surface area (Å²) in [7, 11) is -3.93. The molecule has 1 aromatic carbocycles. The van der Waals surface area contributed by atoms with Crippen molar-refractivity contribution in [3.63, 3.8) is 0 Å². The molecule has 1 N–H and O–H groups in total. The fraction of sp³-hybridized carbons (Fsp3) is 0.667. The number of carbonyl (C=O) groups is 1. The highest BCUT2D eigenvalue weighted by molar-refractivity contribution is 8.07. The molecule has 0 atom stereocenters. The molecule has 0 aliphatic rings. The lowest BCUT2D eigenvalue weighted by atomic mass is 10.1. The molecule has 0 saturated carbocycles. The summed E-state index contributed by atoms with van der Waals surface area (Å²) in [6.07, 6.45) is 13.1. The summed E-state index contributed by atoms with van der Waals surface area (Å²) in [5, 5.41) is -0.714. The molecule has 0 fully saturated rings. The van der Waals surface area contributed by atoms with E-state index < -0.39 is 15.1 Å². The summed E-state index contributed by atoms with van der Waals surface area (Å²) in [5.41, 5.74) is 1.48. The van der Waals surface area contributed by atoms with Gasteiger partial charge in [-0.1, -0.05) is 88.8 Å². The van der Waals surface area contributed by atoms with Crippen LogP contribution in [0.25, 0.3) is 0 Å². The van der Waals surface area contributed by atoms with E-state index in [0.29, 0.717) is 12.1 Å². The Hall–Kier alpha value is -1.36. The third-order valence-corrected chi connectivity index (χ3v) is 5.90. The number of carbonyl (C=O) groups excluding carboxylic acids is 1. The number of benzene rings is 1. The van der Waals surface area contributed by atoms with Gasteiger partial charge in [0.25, 0.3) is 15.1 Å². The first kappa shape index (κ1) is 22.7. The van der Waals surface area contributed by atoms with E-state index in [0.717, 1.165) is 18.4 Å². The first-order valence-electron chi connectivity index (χ1n) is 10.1. The van der Waals surface area contributed by atoms with Gasteiger partial charge in [-0.25, -0.2) is 0 Å². The number of aryl methyl sites for hydroxylation is 1. The highest BCUT2D eigenvalue weighted by Gasteiger charge is 2.21. The van der Waals surface area contributed by atoms with Gasteiger partial charge in [-0.05, 0) is 25.5 Å². The molecule has 148 valence electrons.